The molecule has 1 rings (SSSR count). The summed E-state index contributed by atoms with van der Waals surface area (Å²) >= 11 is 0. The third kappa shape index (κ3) is 3.48. The number of guanidine groups is 2. The van der Waals surface area contributed by atoms with E-state index in [0.29, 0.717) is 11.3 Å². The molecule has 0 aliphatic carbocycles. The third-order valence-corrected chi connectivity index (χ3v) is 2.10. The van der Waals surface area contributed by atoms with Gasteiger partial charge in [0.05, 0.1) is 18.4 Å². The van der Waals surface area contributed by atoms with Gasteiger partial charge in [0.1, 0.15) is 0 Å². The summed E-state index contributed by atoms with van der Waals surface area (Å²) in [6, 6.07) is 4.87. The predicted octanol–water partition coefficient (Wildman–Crippen LogP) is 0.00122. The summed E-state index contributed by atoms with van der Waals surface area (Å²) in [4.78, 5) is 18.9. The molecular formula is C11H15N5O2. The average molecular weight is 249 g/mol. The molecule has 0 aliphatic heterocycles. The lowest BCUT2D eigenvalue weighted by molar-refractivity contribution is 0.0600. The molecule has 0 aliphatic rings. The zero-order valence-corrected chi connectivity index (χ0v) is 10.2. The fourth-order valence-electron chi connectivity index (χ4n) is 1.31. The van der Waals surface area contributed by atoms with Crippen molar-refractivity contribution in [3.05, 3.63) is 29.3 Å². The standard InChI is InChI=1S/C11H15N5O2/c1-6-5-7(9(17)18-2)3-4-8(6)15-11(14)16-10(12)13/h3-5H,1-2H3,(H6,12,13,14,15,16). The summed E-state index contributed by atoms with van der Waals surface area (Å²) in [5.74, 6) is -0.630. The third-order valence-electron chi connectivity index (χ3n) is 2.10. The van der Waals surface area contributed by atoms with E-state index in [1.165, 1.54) is 7.11 Å². The highest BCUT2D eigenvalue weighted by Gasteiger charge is 2.07. The number of ether oxygens (including phenoxy) is 1. The Balaban J connectivity index is 3.07. The van der Waals surface area contributed by atoms with E-state index < -0.39 is 5.97 Å². The van der Waals surface area contributed by atoms with Crippen molar-refractivity contribution in [1.29, 1.82) is 0 Å². The van der Waals surface area contributed by atoms with E-state index in [1.54, 1.807) is 25.1 Å². The molecule has 0 bridgehead atoms. The second kappa shape index (κ2) is 5.67. The van der Waals surface area contributed by atoms with E-state index in [1.807, 2.05) is 0 Å². The van der Waals surface area contributed by atoms with Crippen LogP contribution in [0, 0.1) is 6.92 Å². The fraction of sp³-hybridized carbons (Fsp3) is 0.182. The molecule has 0 heterocycles. The van der Waals surface area contributed by atoms with Crippen LogP contribution in [-0.2, 0) is 4.74 Å². The van der Waals surface area contributed by atoms with Gasteiger partial charge in [0.15, 0.2) is 5.96 Å². The van der Waals surface area contributed by atoms with E-state index in [0.717, 1.165) is 5.56 Å². The number of hydrogen-bond donors (Lipinski definition) is 3. The SMILES string of the molecule is COC(=O)c1ccc(N=C(N)N=C(N)N)c(C)c1. The predicted molar refractivity (Wildman–Crippen MR) is 69.6 cm³/mol. The molecule has 0 saturated heterocycles. The number of rotatable bonds is 2. The molecule has 0 unspecified atom stereocenters. The fourth-order valence-corrected chi connectivity index (χ4v) is 1.31. The van der Waals surface area contributed by atoms with Crippen molar-refractivity contribution < 1.29 is 9.53 Å². The molecular weight excluding hydrogens is 234 g/mol. The quantitative estimate of drug-likeness (QED) is 0.386. The molecule has 18 heavy (non-hydrogen) atoms. The lowest BCUT2D eigenvalue weighted by Gasteiger charge is -2.04. The largest absolute Gasteiger partial charge is 0.465 e. The Morgan fingerprint density at radius 3 is 2.44 bits per heavy atom. The van der Waals surface area contributed by atoms with Gasteiger partial charge in [-0.2, -0.15) is 4.99 Å². The molecule has 0 saturated carbocycles. The molecule has 1 aromatic carbocycles. The van der Waals surface area contributed by atoms with Gasteiger partial charge in [-0.15, -0.1) is 0 Å². The molecule has 0 radical (unpaired) electrons. The molecule has 96 valence electrons. The first kappa shape index (κ1) is 13.5. The van der Waals surface area contributed by atoms with Crippen molar-refractivity contribution in [2.45, 2.75) is 6.92 Å². The van der Waals surface area contributed by atoms with E-state index in [9.17, 15) is 4.79 Å². The molecule has 7 nitrogen and oxygen atoms in total. The molecule has 1 aromatic rings. The van der Waals surface area contributed by atoms with Crippen LogP contribution in [0.4, 0.5) is 5.69 Å². The van der Waals surface area contributed by atoms with Gasteiger partial charge < -0.3 is 21.9 Å². The first-order chi connectivity index (χ1) is 8.43. The van der Waals surface area contributed by atoms with Crippen LogP contribution in [0.15, 0.2) is 28.2 Å². The summed E-state index contributed by atoms with van der Waals surface area (Å²) in [6.45, 7) is 1.79. The van der Waals surface area contributed by atoms with Crippen LogP contribution >= 0.6 is 0 Å². The summed E-state index contributed by atoms with van der Waals surface area (Å²) in [5.41, 5.74) is 17.6. The van der Waals surface area contributed by atoms with Crippen LogP contribution in [0.25, 0.3) is 0 Å². The zero-order chi connectivity index (χ0) is 13.7. The lowest BCUT2D eigenvalue weighted by Crippen LogP contribution is -2.26. The normalized spacial score (nSPS) is 10.9. The minimum atomic E-state index is -0.411. The van der Waals surface area contributed by atoms with Gasteiger partial charge in [-0.25, -0.2) is 9.79 Å². The molecule has 0 fully saturated rings. The number of nitrogens with two attached hydrogens (primary N) is 3. The number of hydrogen-bond acceptors (Lipinski definition) is 3. The van der Waals surface area contributed by atoms with Gasteiger partial charge in [-0.3, -0.25) is 0 Å². The van der Waals surface area contributed by atoms with Crippen molar-refractivity contribution in [3.8, 4) is 0 Å². The maximum absolute atomic E-state index is 11.3. The average Bonchev–Trinajstić information content (AvgIpc) is 2.29. The Labute approximate surface area is 104 Å². The second-order valence-electron chi connectivity index (χ2n) is 3.50. The number of aliphatic imine (C=N–C) groups is 2. The Morgan fingerprint density at radius 2 is 1.94 bits per heavy atom. The minimum Gasteiger partial charge on any atom is -0.465 e. The van der Waals surface area contributed by atoms with Crippen LogP contribution in [0.2, 0.25) is 0 Å². The molecule has 0 aromatic heterocycles. The van der Waals surface area contributed by atoms with Crippen molar-refractivity contribution in [3.63, 3.8) is 0 Å². The number of nitrogens with zero attached hydrogens (tertiary/aromatic N) is 2. The van der Waals surface area contributed by atoms with Crippen LogP contribution in [-0.4, -0.2) is 25.0 Å². The zero-order valence-electron chi connectivity index (χ0n) is 10.2. The Kier molecular flexibility index (Phi) is 4.25. The molecule has 6 N–H and O–H groups in total. The summed E-state index contributed by atoms with van der Waals surface area (Å²) in [7, 11) is 1.32. The lowest BCUT2D eigenvalue weighted by atomic mass is 10.1. The van der Waals surface area contributed by atoms with Crippen molar-refractivity contribution >= 4 is 23.6 Å². The van der Waals surface area contributed by atoms with Gasteiger partial charge in [-0.1, -0.05) is 0 Å². The number of benzene rings is 1. The monoisotopic (exact) mass is 249 g/mol. The van der Waals surface area contributed by atoms with Gasteiger partial charge >= 0.3 is 5.97 Å². The van der Waals surface area contributed by atoms with E-state index in [2.05, 4.69) is 14.7 Å². The Bertz CT molecular complexity index is 518. The first-order valence-corrected chi connectivity index (χ1v) is 5.06. The van der Waals surface area contributed by atoms with E-state index >= 15 is 0 Å². The van der Waals surface area contributed by atoms with Gasteiger partial charge in [0.25, 0.3) is 0 Å². The number of carbonyl (C=O) groups is 1. The molecule has 0 spiro atoms. The number of esters is 1. The smallest absolute Gasteiger partial charge is 0.337 e. The highest BCUT2D eigenvalue weighted by Crippen LogP contribution is 2.20. The number of methoxy groups -OCH3 is 1. The van der Waals surface area contributed by atoms with Crippen molar-refractivity contribution in [2.75, 3.05) is 7.11 Å². The highest BCUT2D eigenvalue weighted by molar-refractivity contribution is 5.94. The van der Waals surface area contributed by atoms with Gasteiger partial charge in [0, 0.05) is 0 Å². The second-order valence-corrected chi connectivity index (χ2v) is 3.50. The molecule has 0 amide bonds. The summed E-state index contributed by atoms with van der Waals surface area (Å²) in [5, 5.41) is 0. The van der Waals surface area contributed by atoms with Crippen molar-refractivity contribution in [1.82, 2.24) is 0 Å². The topological polar surface area (TPSA) is 129 Å². The van der Waals surface area contributed by atoms with Crippen LogP contribution in [0.5, 0.6) is 0 Å². The van der Waals surface area contributed by atoms with E-state index in [-0.39, 0.29) is 11.9 Å². The maximum atomic E-state index is 11.3. The number of carbonyl (C=O) groups excluding carboxylic acids is 1. The summed E-state index contributed by atoms with van der Waals surface area (Å²) in [6.07, 6.45) is 0. The maximum Gasteiger partial charge on any atom is 0.337 e. The number of aryl methyl sites for hydroxylation is 1. The Hall–Kier alpha value is -2.57. The van der Waals surface area contributed by atoms with Gasteiger partial charge in [-0.05, 0) is 30.7 Å². The first-order valence-electron chi connectivity index (χ1n) is 5.06. The summed E-state index contributed by atoms with van der Waals surface area (Å²) < 4.78 is 4.61. The Morgan fingerprint density at radius 1 is 1.28 bits per heavy atom. The van der Waals surface area contributed by atoms with Crippen molar-refractivity contribution in [2.24, 2.45) is 27.2 Å². The highest BCUT2D eigenvalue weighted by atomic mass is 16.5. The van der Waals surface area contributed by atoms with Crippen LogP contribution < -0.4 is 17.2 Å². The van der Waals surface area contributed by atoms with Gasteiger partial charge in [0.2, 0.25) is 5.96 Å². The van der Waals surface area contributed by atoms with Crippen LogP contribution in [0.3, 0.4) is 0 Å². The minimum absolute atomic E-state index is 0.0519. The van der Waals surface area contributed by atoms with E-state index in [4.69, 9.17) is 17.2 Å². The molecule has 7 heteroatoms. The molecule has 0 atom stereocenters. The van der Waals surface area contributed by atoms with Crippen LogP contribution in [0.1, 0.15) is 15.9 Å².